The Morgan fingerprint density at radius 3 is 2.56 bits per heavy atom. The van der Waals surface area contributed by atoms with Crippen LogP contribution in [0.5, 0.6) is 0 Å². The van der Waals surface area contributed by atoms with E-state index < -0.39 is 0 Å². The first-order valence-electron chi connectivity index (χ1n) is 8.57. The fourth-order valence-corrected chi connectivity index (χ4v) is 3.21. The summed E-state index contributed by atoms with van der Waals surface area (Å²) in [4.78, 5) is 21.5. The molecule has 25 heavy (non-hydrogen) atoms. The summed E-state index contributed by atoms with van der Waals surface area (Å²) in [6.45, 7) is 9.30. The summed E-state index contributed by atoms with van der Waals surface area (Å²) in [6, 6.07) is 9.14. The highest BCUT2D eigenvalue weighted by Crippen LogP contribution is 2.21. The lowest BCUT2D eigenvalue weighted by Crippen LogP contribution is -2.46. The minimum Gasteiger partial charge on any atom is -0.368 e. The third kappa shape index (κ3) is 4.30. The van der Waals surface area contributed by atoms with Crippen molar-refractivity contribution >= 4 is 28.9 Å². The Hall–Kier alpha value is -2.11. The number of nitrogens with zero attached hydrogens (tertiary/aromatic N) is 3. The number of nitrogens with one attached hydrogen (secondary N) is 1. The van der Waals surface area contributed by atoms with Crippen LogP contribution in [0, 0.1) is 6.92 Å². The molecule has 0 radical (unpaired) electrons. The third-order valence-corrected chi connectivity index (χ3v) is 4.84. The van der Waals surface area contributed by atoms with Gasteiger partial charge in [0.05, 0.1) is 11.9 Å². The van der Waals surface area contributed by atoms with Crippen LogP contribution in [0.2, 0.25) is 5.02 Å². The van der Waals surface area contributed by atoms with Gasteiger partial charge in [-0.1, -0.05) is 18.5 Å². The maximum absolute atomic E-state index is 12.4. The van der Waals surface area contributed by atoms with Crippen molar-refractivity contribution in [3.8, 4) is 0 Å². The summed E-state index contributed by atoms with van der Waals surface area (Å²) in [7, 11) is 0. The minimum absolute atomic E-state index is 0.215. The second kappa shape index (κ2) is 7.85. The van der Waals surface area contributed by atoms with Crippen molar-refractivity contribution in [2.45, 2.75) is 13.8 Å². The number of anilines is 2. The molecule has 0 atom stereocenters. The number of likely N-dealkylation sites (N-methyl/N-ethyl adjacent to an activating group) is 1. The van der Waals surface area contributed by atoms with Crippen LogP contribution in [0.3, 0.4) is 0 Å². The Labute approximate surface area is 153 Å². The van der Waals surface area contributed by atoms with Crippen molar-refractivity contribution in [3.63, 3.8) is 0 Å². The smallest absolute Gasteiger partial charge is 0.274 e. The standard InChI is InChI=1S/C19H23ClN4O/c1-3-23-8-10-24(11-9-23)16-5-7-18(21-13-16)19(25)22-17-6-4-15(20)12-14(17)2/h4-7,12-13H,3,8-11H2,1-2H3,(H,22,25). The van der Waals surface area contributed by atoms with E-state index in [9.17, 15) is 4.79 Å². The summed E-state index contributed by atoms with van der Waals surface area (Å²) >= 11 is 5.95. The number of hydrogen-bond donors (Lipinski definition) is 1. The number of aryl methyl sites for hydroxylation is 1. The molecule has 132 valence electrons. The van der Waals surface area contributed by atoms with Gasteiger partial charge in [-0.25, -0.2) is 4.98 Å². The zero-order valence-electron chi connectivity index (χ0n) is 14.6. The van der Waals surface area contributed by atoms with E-state index in [0.29, 0.717) is 10.7 Å². The maximum atomic E-state index is 12.4. The Morgan fingerprint density at radius 1 is 1.20 bits per heavy atom. The number of pyridine rings is 1. The predicted octanol–water partition coefficient (Wildman–Crippen LogP) is 3.44. The van der Waals surface area contributed by atoms with Crippen LogP contribution in [-0.2, 0) is 0 Å². The van der Waals surface area contributed by atoms with E-state index >= 15 is 0 Å². The Morgan fingerprint density at radius 2 is 1.96 bits per heavy atom. The predicted molar refractivity (Wildman–Crippen MR) is 103 cm³/mol. The van der Waals surface area contributed by atoms with Crippen molar-refractivity contribution in [2.24, 2.45) is 0 Å². The number of carbonyl (C=O) groups is 1. The summed E-state index contributed by atoms with van der Waals surface area (Å²) in [6.07, 6.45) is 1.78. The summed E-state index contributed by atoms with van der Waals surface area (Å²) in [5.74, 6) is -0.215. The van der Waals surface area contributed by atoms with Crippen molar-refractivity contribution in [3.05, 3.63) is 52.8 Å². The van der Waals surface area contributed by atoms with Gasteiger partial charge in [-0.15, -0.1) is 0 Å². The van der Waals surface area contributed by atoms with Gasteiger partial charge in [0.1, 0.15) is 5.69 Å². The van der Waals surface area contributed by atoms with E-state index in [1.54, 1.807) is 24.4 Å². The number of rotatable bonds is 4. The van der Waals surface area contributed by atoms with Crippen LogP contribution in [-0.4, -0.2) is 48.5 Å². The molecular weight excluding hydrogens is 336 g/mol. The Kier molecular flexibility index (Phi) is 5.56. The molecule has 0 unspecified atom stereocenters. The number of benzene rings is 1. The fraction of sp³-hybridized carbons (Fsp3) is 0.368. The molecule has 2 aromatic rings. The molecule has 1 fully saturated rings. The molecule has 1 aliphatic rings. The molecule has 6 heteroatoms. The lowest BCUT2D eigenvalue weighted by Gasteiger charge is -2.35. The lowest BCUT2D eigenvalue weighted by atomic mass is 10.2. The van der Waals surface area contributed by atoms with Gasteiger partial charge in [-0.05, 0) is 49.4 Å². The normalized spacial score (nSPS) is 15.2. The Balaban J connectivity index is 1.64. The van der Waals surface area contributed by atoms with Crippen LogP contribution in [0.15, 0.2) is 36.5 Å². The molecule has 2 heterocycles. The van der Waals surface area contributed by atoms with Gasteiger partial charge in [-0.3, -0.25) is 4.79 Å². The SMILES string of the molecule is CCN1CCN(c2ccc(C(=O)Nc3ccc(Cl)cc3C)nc2)CC1. The van der Waals surface area contributed by atoms with Crippen LogP contribution in [0.25, 0.3) is 0 Å². The van der Waals surface area contributed by atoms with Crippen LogP contribution < -0.4 is 10.2 Å². The van der Waals surface area contributed by atoms with Crippen molar-refractivity contribution < 1.29 is 4.79 Å². The highest BCUT2D eigenvalue weighted by molar-refractivity contribution is 6.30. The van der Waals surface area contributed by atoms with Crippen molar-refractivity contribution in [1.29, 1.82) is 0 Å². The average molecular weight is 359 g/mol. The van der Waals surface area contributed by atoms with Crippen LogP contribution in [0.1, 0.15) is 23.0 Å². The molecule has 5 nitrogen and oxygen atoms in total. The molecule has 0 aliphatic carbocycles. The van der Waals surface area contributed by atoms with E-state index in [2.05, 4.69) is 27.0 Å². The molecule has 1 aromatic carbocycles. The van der Waals surface area contributed by atoms with E-state index in [0.717, 1.165) is 49.7 Å². The third-order valence-electron chi connectivity index (χ3n) is 4.60. The Bertz CT molecular complexity index is 740. The molecule has 0 saturated carbocycles. The molecule has 1 aliphatic heterocycles. The first-order chi connectivity index (χ1) is 12.1. The molecule has 1 N–H and O–H groups in total. The zero-order chi connectivity index (χ0) is 17.8. The highest BCUT2D eigenvalue weighted by Gasteiger charge is 2.17. The number of hydrogen-bond acceptors (Lipinski definition) is 4. The number of amides is 1. The number of halogens is 1. The first kappa shape index (κ1) is 17.7. The summed E-state index contributed by atoms with van der Waals surface area (Å²) < 4.78 is 0. The first-order valence-corrected chi connectivity index (χ1v) is 8.95. The second-order valence-corrected chi connectivity index (χ2v) is 6.67. The van der Waals surface area contributed by atoms with Gasteiger partial charge in [0, 0.05) is 36.9 Å². The largest absolute Gasteiger partial charge is 0.368 e. The monoisotopic (exact) mass is 358 g/mol. The zero-order valence-corrected chi connectivity index (χ0v) is 15.4. The average Bonchev–Trinajstić information content (AvgIpc) is 2.64. The van der Waals surface area contributed by atoms with E-state index in [1.165, 1.54) is 0 Å². The van der Waals surface area contributed by atoms with E-state index in [-0.39, 0.29) is 5.91 Å². The molecule has 3 rings (SSSR count). The van der Waals surface area contributed by atoms with Gasteiger partial charge in [0.15, 0.2) is 0 Å². The van der Waals surface area contributed by atoms with Gasteiger partial charge in [0.25, 0.3) is 5.91 Å². The van der Waals surface area contributed by atoms with E-state index in [1.807, 2.05) is 19.1 Å². The van der Waals surface area contributed by atoms with Gasteiger partial charge in [0.2, 0.25) is 0 Å². The van der Waals surface area contributed by atoms with E-state index in [4.69, 9.17) is 11.6 Å². The summed E-state index contributed by atoms with van der Waals surface area (Å²) in [5.41, 5.74) is 3.14. The topological polar surface area (TPSA) is 48.5 Å². The second-order valence-electron chi connectivity index (χ2n) is 6.24. The molecule has 1 aromatic heterocycles. The molecule has 1 saturated heterocycles. The molecule has 1 amide bonds. The van der Waals surface area contributed by atoms with Crippen molar-refractivity contribution in [2.75, 3.05) is 42.9 Å². The van der Waals surface area contributed by atoms with Crippen LogP contribution in [0.4, 0.5) is 11.4 Å². The molecule has 0 spiro atoms. The number of piperazine rings is 1. The van der Waals surface area contributed by atoms with Crippen LogP contribution >= 0.6 is 11.6 Å². The van der Waals surface area contributed by atoms with Gasteiger partial charge in [-0.2, -0.15) is 0 Å². The maximum Gasteiger partial charge on any atom is 0.274 e. The summed E-state index contributed by atoms with van der Waals surface area (Å²) in [5, 5.41) is 3.54. The van der Waals surface area contributed by atoms with Gasteiger partial charge >= 0.3 is 0 Å². The van der Waals surface area contributed by atoms with Gasteiger partial charge < -0.3 is 15.1 Å². The molecular formula is C19H23ClN4O. The number of carbonyl (C=O) groups excluding carboxylic acids is 1. The lowest BCUT2D eigenvalue weighted by molar-refractivity contribution is 0.102. The fourth-order valence-electron chi connectivity index (χ4n) is 2.98. The van der Waals surface area contributed by atoms with Crippen molar-refractivity contribution in [1.82, 2.24) is 9.88 Å². The highest BCUT2D eigenvalue weighted by atomic mass is 35.5. The minimum atomic E-state index is -0.215. The number of aromatic nitrogens is 1. The quantitative estimate of drug-likeness (QED) is 0.909. The molecule has 0 bridgehead atoms.